The van der Waals surface area contributed by atoms with Crippen LogP contribution in [0.4, 0.5) is 5.69 Å². The van der Waals surface area contributed by atoms with Crippen LogP contribution in [-0.2, 0) is 4.79 Å². The number of anilines is 1. The highest BCUT2D eigenvalue weighted by molar-refractivity contribution is 6.30. The predicted octanol–water partition coefficient (Wildman–Crippen LogP) is 4.06. The molecule has 3 nitrogen and oxygen atoms in total. The van der Waals surface area contributed by atoms with E-state index in [2.05, 4.69) is 13.8 Å². The van der Waals surface area contributed by atoms with Gasteiger partial charge in [0.1, 0.15) is 6.54 Å². The third-order valence-corrected chi connectivity index (χ3v) is 4.73. The summed E-state index contributed by atoms with van der Waals surface area (Å²) in [6.45, 7) is 4.59. The summed E-state index contributed by atoms with van der Waals surface area (Å²) in [4.78, 5) is 13.2. The molecule has 1 aromatic rings. The van der Waals surface area contributed by atoms with E-state index in [0.717, 1.165) is 30.9 Å². The molecule has 0 amide bonds. The monoisotopic (exact) mass is 295 g/mol. The number of aliphatic carboxylic acids is 1. The fraction of sp³-hybridized carbons (Fsp3) is 0.562. The third kappa shape index (κ3) is 3.66. The zero-order valence-electron chi connectivity index (χ0n) is 12.1. The number of rotatable bonds is 4. The molecule has 0 saturated heterocycles. The van der Waals surface area contributed by atoms with Crippen LogP contribution in [0, 0.1) is 11.8 Å². The van der Waals surface area contributed by atoms with E-state index in [9.17, 15) is 9.90 Å². The van der Waals surface area contributed by atoms with Crippen molar-refractivity contribution >= 4 is 23.3 Å². The minimum Gasteiger partial charge on any atom is -0.480 e. The largest absolute Gasteiger partial charge is 0.480 e. The SMILES string of the molecule is CC1CCC(N(CC(=O)O)c2ccc(Cl)cc2)CC1C. The Morgan fingerprint density at radius 2 is 1.90 bits per heavy atom. The highest BCUT2D eigenvalue weighted by Gasteiger charge is 2.29. The van der Waals surface area contributed by atoms with Gasteiger partial charge in [0, 0.05) is 16.8 Å². The van der Waals surface area contributed by atoms with E-state index < -0.39 is 5.97 Å². The molecular weight excluding hydrogens is 274 g/mol. The van der Waals surface area contributed by atoms with E-state index in [1.807, 2.05) is 29.2 Å². The Labute approximate surface area is 125 Å². The van der Waals surface area contributed by atoms with E-state index in [4.69, 9.17) is 11.6 Å². The van der Waals surface area contributed by atoms with Crippen molar-refractivity contribution in [2.24, 2.45) is 11.8 Å². The average molecular weight is 296 g/mol. The average Bonchev–Trinajstić information content (AvgIpc) is 2.40. The van der Waals surface area contributed by atoms with Gasteiger partial charge in [-0.05, 0) is 55.4 Å². The Balaban J connectivity index is 2.19. The zero-order chi connectivity index (χ0) is 14.7. The third-order valence-electron chi connectivity index (χ3n) is 4.48. The Kier molecular flexibility index (Phi) is 4.92. The van der Waals surface area contributed by atoms with Crippen molar-refractivity contribution in [1.82, 2.24) is 0 Å². The van der Waals surface area contributed by atoms with Gasteiger partial charge in [0.25, 0.3) is 0 Å². The lowest BCUT2D eigenvalue weighted by molar-refractivity contribution is -0.135. The summed E-state index contributed by atoms with van der Waals surface area (Å²) in [5.74, 6) is 0.576. The second kappa shape index (κ2) is 6.49. The lowest BCUT2D eigenvalue weighted by Crippen LogP contribution is -2.43. The zero-order valence-corrected chi connectivity index (χ0v) is 12.8. The number of benzene rings is 1. The lowest BCUT2D eigenvalue weighted by Gasteiger charge is -2.39. The quantitative estimate of drug-likeness (QED) is 0.911. The number of carbonyl (C=O) groups is 1. The molecule has 4 heteroatoms. The summed E-state index contributed by atoms with van der Waals surface area (Å²) in [5.41, 5.74) is 0.948. The standard InChI is InChI=1S/C16H22ClNO2/c1-11-3-6-15(9-12(11)2)18(10-16(19)20)14-7-4-13(17)5-8-14/h4-5,7-8,11-12,15H,3,6,9-10H2,1-2H3,(H,19,20). The first-order chi connectivity index (χ1) is 9.47. The maximum atomic E-state index is 11.2. The van der Waals surface area contributed by atoms with Gasteiger partial charge in [0.15, 0.2) is 0 Å². The molecule has 3 atom stereocenters. The topological polar surface area (TPSA) is 40.5 Å². The Morgan fingerprint density at radius 1 is 1.25 bits per heavy atom. The number of carboxylic acid groups (broad SMARTS) is 1. The maximum Gasteiger partial charge on any atom is 0.323 e. The first-order valence-electron chi connectivity index (χ1n) is 7.21. The first kappa shape index (κ1) is 15.2. The Morgan fingerprint density at radius 3 is 2.45 bits per heavy atom. The van der Waals surface area contributed by atoms with Crippen LogP contribution >= 0.6 is 11.6 Å². The number of carboxylic acids is 1. The van der Waals surface area contributed by atoms with E-state index in [-0.39, 0.29) is 6.54 Å². The molecule has 1 N–H and O–H groups in total. The molecular formula is C16H22ClNO2. The van der Waals surface area contributed by atoms with Crippen LogP contribution in [0.2, 0.25) is 5.02 Å². The minimum absolute atomic E-state index is 0.0490. The Hall–Kier alpha value is -1.22. The number of hydrogen-bond acceptors (Lipinski definition) is 2. The minimum atomic E-state index is -0.786. The molecule has 1 saturated carbocycles. The molecule has 0 radical (unpaired) electrons. The lowest BCUT2D eigenvalue weighted by atomic mass is 9.78. The van der Waals surface area contributed by atoms with Crippen LogP contribution in [0.25, 0.3) is 0 Å². The smallest absolute Gasteiger partial charge is 0.323 e. The predicted molar refractivity (Wildman–Crippen MR) is 82.4 cm³/mol. The number of halogens is 1. The Bertz CT molecular complexity index is 460. The molecule has 20 heavy (non-hydrogen) atoms. The molecule has 0 aromatic heterocycles. The molecule has 1 aliphatic carbocycles. The van der Waals surface area contributed by atoms with E-state index in [1.165, 1.54) is 0 Å². The summed E-state index contributed by atoms with van der Waals surface area (Å²) < 4.78 is 0. The summed E-state index contributed by atoms with van der Waals surface area (Å²) in [6, 6.07) is 7.77. The van der Waals surface area contributed by atoms with Crippen molar-refractivity contribution in [3.63, 3.8) is 0 Å². The van der Waals surface area contributed by atoms with Crippen molar-refractivity contribution in [1.29, 1.82) is 0 Å². The van der Waals surface area contributed by atoms with Gasteiger partial charge in [-0.2, -0.15) is 0 Å². The number of hydrogen-bond donors (Lipinski definition) is 1. The van der Waals surface area contributed by atoms with E-state index in [0.29, 0.717) is 17.0 Å². The molecule has 1 aromatic carbocycles. The highest BCUT2D eigenvalue weighted by Crippen LogP contribution is 2.34. The van der Waals surface area contributed by atoms with Crippen molar-refractivity contribution in [3.8, 4) is 0 Å². The molecule has 1 fully saturated rings. The molecule has 0 heterocycles. The summed E-state index contributed by atoms with van der Waals surface area (Å²) in [5, 5.41) is 9.86. The van der Waals surface area contributed by atoms with E-state index >= 15 is 0 Å². The second-order valence-corrected chi connectivity index (χ2v) is 6.36. The van der Waals surface area contributed by atoms with Crippen LogP contribution in [0.15, 0.2) is 24.3 Å². The fourth-order valence-electron chi connectivity index (χ4n) is 3.01. The van der Waals surface area contributed by atoms with Crippen molar-refractivity contribution in [2.75, 3.05) is 11.4 Å². The van der Waals surface area contributed by atoms with Crippen molar-refractivity contribution < 1.29 is 9.90 Å². The molecule has 3 unspecified atom stereocenters. The molecule has 110 valence electrons. The van der Waals surface area contributed by atoms with Crippen LogP contribution in [-0.4, -0.2) is 23.7 Å². The van der Waals surface area contributed by atoms with Gasteiger partial charge in [-0.15, -0.1) is 0 Å². The van der Waals surface area contributed by atoms with Gasteiger partial charge in [0.2, 0.25) is 0 Å². The van der Waals surface area contributed by atoms with Gasteiger partial charge in [-0.25, -0.2) is 0 Å². The molecule has 1 aliphatic rings. The molecule has 0 aliphatic heterocycles. The summed E-state index contributed by atoms with van der Waals surface area (Å²) in [6.07, 6.45) is 3.27. The highest BCUT2D eigenvalue weighted by atomic mass is 35.5. The van der Waals surface area contributed by atoms with Crippen LogP contribution in [0.1, 0.15) is 33.1 Å². The molecule has 2 rings (SSSR count). The van der Waals surface area contributed by atoms with Gasteiger partial charge in [0.05, 0.1) is 0 Å². The molecule has 0 spiro atoms. The first-order valence-corrected chi connectivity index (χ1v) is 7.59. The van der Waals surface area contributed by atoms with Gasteiger partial charge in [-0.1, -0.05) is 25.4 Å². The van der Waals surface area contributed by atoms with E-state index in [1.54, 1.807) is 0 Å². The van der Waals surface area contributed by atoms with Crippen molar-refractivity contribution in [3.05, 3.63) is 29.3 Å². The van der Waals surface area contributed by atoms with Gasteiger partial charge >= 0.3 is 5.97 Å². The van der Waals surface area contributed by atoms with Crippen molar-refractivity contribution in [2.45, 2.75) is 39.2 Å². The van der Waals surface area contributed by atoms with Gasteiger partial charge in [-0.3, -0.25) is 4.79 Å². The van der Waals surface area contributed by atoms with Crippen LogP contribution in [0.3, 0.4) is 0 Å². The summed E-state index contributed by atoms with van der Waals surface area (Å²) in [7, 11) is 0. The normalized spacial score (nSPS) is 26.2. The van der Waals surface area contributed by atoms with Crippen LogP contribution < -0.4 is 4.90 Å². The van der Waals surface area contributed by atoms with Crippen LogP contribution in [0.5, 0.6) is 0 Å². The van der Waals surface area contributed by atoms with Gasteiger partial charge < -0.3 is 10.0 Å². The number of nitrogens with zero attached hydrogens (tertiary/aromatic N) is 1. The molecule has 0 bridgehead atoms. The fourth-order valence-corrected chi connectivity index (χ4v) is 3.14. The summed E-state index contributed by atoms with van der Waals surface area (Å²) >= 11 is 5.92. The second-order valence-electron chi connectivity index (χ2n) is 5.92. The maximum absolute atomic E-state index is 11.2.